The van der Waals surface area contributed by atoms with E-state index in [0.29, 0.717) is 17.1 Å². The van der Waals surface area contributed by atoms with Gasteiger partial charge in [-0.2, -0.15) is 0 Å². The summed E-state index contributed by atoms with van der Waals surface area (Å²) in [5.41, 5.74) is 2.03. The number of hydrogen-bond acceptors (Lipinski definition) is 3. The molecule has 1 aromatic carbocycles. The van der Waals surface area contributed by atoms with Crippen LogP contribution in [0.4, 0.5) is 10.2 Å². The molecule has 2 aromatic rings. The highest BCUT2D eigenvalue weighted by Gasteiger charge is 2.07. The highest BCUT2D eigenvalue weighted by atomic mass is 19.1. The van der Waals surface area contributed by atoms with Crippen LogP contribution in [0.2, 0.25) is 0 Å². The van der Waals surface area contributed by atoms with Crippen molar-refractivity contribution < 1.29 is 4.39 Å². The Morgan fingerprint density at radius 2 is 2.06 bits per heavy atom. The van der Waals surface area contributed by atoms with E-state index in [9.17, 15) is 4.39 Å². The molecular formula is C12H12FN3. The van der Waals surface area contributed by atoms with Gasteiger partial charge in [-0.05, 0) is 18.6 Å². The van der Waals surface area contributed by atoms with Crippen molar-refractivity contribution in [3.8, 4) is 11.3 Å². The van der Waals surface area contributed by atoms with Crippen LogP contribution in [0, 0.1) is 12.7 Å². The van der Waals surface area contributed by atoms with E-state index in [0.717, 1.165) is 5.56 Å². The van der Waals surface area contributed by atoms with Gasteiger partial charge in [0, 0.05) is 12.6 Å². The first-order valence-corrected chi connectivity index (χ1v) is 4.97. The second-order valence-corrected chi connectivity index (χ2v) is 3.45. The van der Waals surface area contributed by atoms with Gasteiger partial charge >= 0.3 is 0 Å². The fraction of sp³-hybridized carbons (Fsp3) is 0.167. The summed E-state index contributed by atoms with van der Waals surface area (Å²) in [6.45, 7) is 1.73. The van der Waals surface area contributed by atoms with Gasteiger partial charge in [0.2, 0.25) is 0 Å². The fourth-order valence-electron chi connectivity index (χ4n) is 1.50. The van der Waals surface area contributed by atoms with E-state index in [1.54, 1.807) is 32.4 Å². The van der Waals surface area contributed by atoms with Gasteiger partial charge in [-0.3, -0.25) is 4.98 Å². The maximum atomic E-state index is 13.4. The van der Waals surface area contributed by atoms with Gasteiger partial charge in [0.1, 0.15) is 11.6 Å². The minimum absolute atomic E-state index is 0.228. The SMILES string of the molecule is CNc1cncc(-c2cccc(F)c2C)n1. The second-order valence-electron chi connectivity index (χ2n) is 3.45. The summed E-state index contributed by atoms with van der Waals surface area (Å²) in [5.74, 6) is 0.440. The minimum Gasteiger partial charge on any atom is -0.372 e. The van der Waals surface area contributed by atoms with Crippen LogP contribution in [0.1, 0.15) is 5.56 Å². The Kier molecular flexibility index (Phi) is 2.81. The van der Waals surface area contributed by atoms with E-state index >= 15 is 0 Å². The van der Waals surface area contributed by atoms with Crippen molar-refractivity contribution in [3.05, 3.63) is 42.0 Å². The molecule has 0 fully saturated rings. The van der Waals surface area contributed by atoms with Crippen LogP contribution < -0.4 is 5.32 Å². The lowest BCUT2D eigenvalue weighted by Gasteiger charge is -2.06. The predicted molar refractivity (Wildman–Crippen MR) is 61.7 cm³/mol. The summed E-state index contributed by atoms with van der Waals surface area (Å²) in [6, 6.07) is 4.95. The van der Waals surface area contributed by atoms with Crippen LogP contribution in [-0.4, -0.2) is 17.0 Å². The maximum Gasteiger partial charge on any atom is 0.144 e. The molecule has 1 aromatic heterocycles. The van der Waals surface area contributed by atoms with Crippen molar-refractivity contribution in [1.82, 2.24) is 9.97 Å². The fourth-order valence-corrected chi connectivity index (χ4v) is 1.50. The average molecular weight is 217 g/mol. The van der Waals surface area contributed by atoms with Crippen molar-refractivity contribution >= 4 is 5.82 Å². The molecule has 1 N–H and O–H groups in total. The van der Waals surface area contributed by atoms with Crippen LogP contribution in [-0.2, 0) is 0 Å². The quantitative estimate of drug-likeness (QED) is 0.840. The number of anilines is 1. The summed E-state index contributed by atoms with van der Waals surface area (Å²) in [5, 5.41) is 2.90. The normalized spacial score (nSPS) is 10.2. The number of aromatic nitrogens is 2. The highest BCUT2D eigenvalue weighted by Crippen LogP contribution is 2.23. The van der Waals surface area contributed by atoms with Crippen molar-refractivity contribution in [2.24, 2.45) is 0 Å². The molecule has 0 amide bonds. The maximum absolute atomic E-state index is 13.4. The number of nitrogens with zero attached hydrogens (tertiary/aromatic N) is 2. The van der Waals surface area contributed by atoms with E-state index in [-0.39, 0.29) is 5.82 Å². The van der Waals surface area contributed by atoms with Gasteiger partial charge in [0.25, 0.3) is 0 Å². The molecule has 0 aliphatic rings. The molecule has 0 unspecified atom stereocenters. The molecule has 0 atom stereocenters. The van der Waals surface area contributed by atoms with Gasteiger partial charge in [-0.25, -0.2) is 9.37 Å². The Hall–Kier alpha value is -1.97. The zero-order valence-corrected chi connectivity index (χ0v) is 9.16. The van der Waals surface area contributed by atoms with Gasteiger partial charge in [0.05, 0.1) is 18.1 Å². The lowest BCUT2D eigenvalue weighted by Crippen LogP contribution is -1.96. The number of nitrogens with one attached hydrogen (secondary N) is 1. The number of halogens is 1. The van der Waals surface area contributed by atoms with Gasteiger partial charge < -0.3 is 5.32 Å². The van der Waals surface area contributed by atoms with Crippen LogP contribution in [0.25, 0.3) is 11.3 Å². The third-order valence-electron chi connectivity index (χ3n) is 2.43. The minimum atomic E-state index is -0.228. The molecule has 0 spiro atoms. The molecule has 0 saturated carbocycles. The smallest absolute Gasteiger partial charge is 0.144 e. The van der Waals surface area contributed by atoms with Crippen molar-refractivity contribution in [2.75, 3.05) is 12.4 Å². The summed E-state index contributed by atoms with van der Waals surface area (Å²) in [7, 11) is 1.77. The molecule has 2 rings (SSSR count). The monoisotopic (exact) mass is 217 g/mol. The molecule has 1 heterocycles. The summed E-state index contributed by atoms with van der Waals surface area (Å²) >= 11 is 0. The number of rotatable bonds is 2. The van der Waals surface area contributed by atoms with E-state index in [2.05, 4.69) is 15.3 Å². The molecule has 0 saturated heterocycles. The molecule has 16 heavy (non-hydrogen) atoms. The third kappa shape index (κ3) is 1.86. The van der Waals surface area contributed by atoms with Crippen LogP contribution in [0.5, 0.6) is 0 Å². The van der Waals surface area contributed by atoms with E-state index in [4.69, 9.17) is 0 Å². The van der Waals surface area contributed by atoms with Crippen molar-refractivity contribution in [1.29, 1.82) is 0 Å². The van der Waals surface area contributed by atoms with E-state index in [1.807, 2.05) is 6.07 Å². The van der Waals surface area contributed by atoms with Crippen LogP contribution in [0.3, 0.4) is 0 Å². The molecule has 3 nitrogen and oxygen atoms in total. The largest absolute Gasteiger partial charge is 0.372 e. The molecule has 82 valence electrons. The first-order chi connectivity index (χ1) is 7.72. The third-order valence-corrected chi connectivity index (χ3v) is 2.43. The topological polar surface area (TPSA) is 37.8 Å². The molecule has 0 bridgehead atoms. The second kappa shape index (κ2) is 4.26. The standard InChI is InChI=1S/C12H12FN3/c1-8-9(4-3-5-10(8)13)11-6-15-7-12(14-2)16-11/h3-7H,1-2H3,(H,14,16). The van der Waals surface area contributed by atoms with Crippen molar-refractivity contribution in [2.45, 2.75) is 6.92 Å². The number of hydrogen-bond donors (Lipinski definition) is 1. The summed E-state index contributed by atoms with van der Waals surface area (Å²) in [6.07, 6.45) is 3.25. The highest BCUT2D eigenvalue weighted by molar-refractivity contribution is 5.64. The Morgan fingerprint density at radius 1 is 1.25 bits per heavy atom. The number of benzene rings is 1. The summed E-state index contributed by atoms with van der Waals surface area (Å²) < 4.78 is 13.4. The molecule has 0 aliphatic carbocycles. The zero-order chi connectivity index (χ0) is 11.5. The Bertz CT molecular complexity index is 511. The van der Waals surface area contributed by atoms with Crippen LogP contribution in [0.15, 0.2) is 30.6 Å². The zero-order valence-electron chi connectivity index (χ0n) is 9.16. The van der Waals surface area contributed by atoms with E-state index in [1.165, 1.54) is 6.07 Å². The lowest BCUT2D eigenvalue weighted by molar-refractivity contribution is 0.619. The Balaban J connectivity index is 2.54. The lowest BCUT2D eigenvalue weighted by atomic mass is 10.1. The van der Waals surface area contributed by atoms with E-state index < -0.39 is 0 Å². The van der Waals surface area contributed by atoms with Crippen molar-refractivity contribution in [3.63, 3.8) is 0 Å². The van der Waals surface area contributed by atoms with Crippen LogP contribution >= 0.6 is 0 Å². The molecule has 0 aliphatic heterocycles. The first kappa shape index (κ1) is 10.5. The van der Waals surface area contributed by atoms with Gasteiger partial charge in [0.15, 0.2) is 0 Å². The first-order valence-electron chi connectivity index (χ1n) is 4.97. The van der Waals surface area contributed by atoms with Gasteiger partial charge in [-0.15, -0.1) is 0 Å². The molecule has 4 heteroatoms. The average Bonchev–Trinajstić information content (AvgIpc) is 2.33. The molecule has 0 radical (unpaired) electrons. The Morgan fingerprint density at radius 3 is 2.81 bits per heavy atom. The summed E-state index contributed by atoms with van der Waals surface area (Å²) in [4.78, 5) is 8.38. The predicted octanol–water partition coefficient (Wildman–Crippen LogP) is 2.63. The molecular weight excluding hydrogens is 205 g/mol. The Labute approximate surface area is 93.4 Å². The van der Waals surface area contributed by atoms with Gasteiger partial charge in [-0.1, -0.05) is 12.1 Å².